The molecule has 33 heavy (non-hydrogen) atoms. The number of halogens is 1. The van der Waals surface area contributed by atoms with Gasteiger partial charge in [-0.3, -0.25) is 9.59 Å². The number of carbonyl (C=O) groups excluding carboxylic acids is 3. The maximum atomic E-state index is 13.4. The third-order valence-corrected chi connectivity index (χ3v) is 5.79. The Hall–Kier alpha value is -3.25. The lowest BCUT2D eigenvalue weighted by Crippen LogP contribution is -2.47. The number of carbonyl (C=O) groups is 3. The zero-order valence-electron chi connectivity index (χ0n) is 18.5. The molecule has 3 aromatic rings. The molecular formula is C27H26BrNO4. The van der Waals surface area contributed by atoms with Gasteiger partial charge in [-0.15, -0.1) is 0 Å². The Morgan fingerprint density at radius 3 is 1.82 bits per heavy atom. The molecule has 6 heteroatoms. The van der Waals surface area contributed by atoms with E-state index in [-0.39, 0.29) is 24.2 Å². The van der Waals surface area contributed by atoms with Crippen LogP contribution in [-0.2, 0) is 14.3 Å². The monoisotopic (exact) mass is 507 g/mol. The molecule has 1 atom stereocenters. The maximum Gasteiger partial charge on any atom is 0.329 e. The Morgan fingerprint density at radius 1 is 0.818 bits per heavy atom. The zero-order valence-corrected chi connectivity index (χ0v) is 20.1. The molecule has 0 heterocycles. The van der Waals surface area contributed by atoms with Crippen LogP contribution in [0.2, 0.25) is 0 Å². The van der Waals surface area contributed by atoms with E-state index in [0.29, 0.717) is 5.56 Å². The lowest BCUT2D eigenvalue weighted by atomic mass is 9.90. The van der Waals surface area contributed by atoms with E-state index in [1.54, 1.807) is 24.3 Å². The van der Waals surface area contributed by atoms with Crippen LogP contribution < -0.4 is 5.32 Å². The van der Waals surface area contributed by atoms with Crippen molar-refractivity contribution in [2.24, 2.45) is 5.92 Å². The number of rotatable bonds is 9. The van der Waals surface area contributed by atoms with Gasteiger partial charge in [0.1, 0.15) is 6.04 Å². The van der Waals surface area contributed by atoms with Crippen molar-refractivity contribution in [3.05, 3.63) is 106 Å². The van der Waals surface area contributed by atoms with E-state index in [4.69, 9.17) is 4.74 Å². The van der Waals surface area contributed by atoms with Gasteiger partial charge < -0.3 is 10.1 Å². The Labute approximate surface area is 202 Å². The van der Waals surface area contributed by atoms with Gasteiger partial charge in [0.15, 0.2) is 12.4 Å². The number of ketones is 1. The summed E-state index contributed by atoms with van der Waals surface area (Å²) in [5.41, 5.74) is 2.09. The highest BCUT2D eigenvalue weighted by molar-refractivity contribution is 9.10. The lowest BCUT2D eigenvalue weighted by Gasteiger charge is -2.24. The van der Waals surface area contributed by atoms with Crippen LogP contribution in [0.25, 0.3) is 0 Å². The van der Waals surface area contributed by atoms with Gasteiger partial charge in [0.2, 0.25) is 5.91 Å². The van der Waals surface area contributed by atoms with Crippen molar-refractivity contribution in [2.75, 3.05) is 6.61 Å². The van der Waals surface area contributed by atoms with Crippen LogP contribution in [0.4, 0.5) is 0 Å². The van der Waals surface area contributed by atoms with Crippen molar-refractivity contribution in [3.63, 3.8) is 0 Å². The Balaban J connectivity index is 1.73. The van der Waals surface area contributed by atoms with Gasteiger partial charge in [0.05, 0.1) is 5.92 Å². The molecule has 3 aromatic carbocycles. The highest BCUT2D eigenvalue weighted by Crippen LogP contribution is 2.25. The first-order valence-electron chi connectivity index (χ1n) is 10.7. The van der Waals surface area contributed by atoms with E-state index in [1.807, 2.05) is 74.5 Å². The minimum absolute atomic E-state index is 0.226. The van der Waals surface area contributed by atoms with Crippen LogP contribution in [-0.4, -0.2) is 30.3 Å². The van der Waals surface area contributed by atoms with E-state index in [0.717, 1.165) is 15.6 Å². The molecule has 0 saturated carbocycles. The number of hydrogen-bond donors (Lipinski definition) is 1. The minimum Gasteiger partial charge on any atom is -0.456 e. The van der Waals surface area contributed by atoms with Crippen molar-refractivity contribution >= 4 is 33.6 Å². The molecule has 0 aromatic heterocycles. The molecule has 0 aliphatic carbocycles. The van der Waals surface area contributed by atoms with Crippen LogP contribution in [0.15, 0.2) is 89.4 Å². The van der Waals surface area contributed by atoms with Crippen molar-refractivity contribution < 1.29 is 19.1 Å². The van der Waals surface area contributed by atoms with E-state index in [9.17, 15) is 14.4 Å². The van der Waals surface area contributed by atoms with E-state index >= 15 is 0 Å². The first kappa shape index (κ1) is 24.4. The third-order valence-electron chi connectivity index (χ3n) is 5.26. The summed E-state index contributed by atoms with van der Waals surface area (Å²) in [4.78, 5) is 38.5. The largest absolute Gasteiger partial charge is 0.456 e. The Morgan fingerprint density at radius 2 is 1.33 bits per heavy atom. The summed E-state index contributed by atoms with van der Waals surface area (Å²) in [5.74, 6) is -2.05. The van der Waals surface area contributed by atoms with E-state index in [1.165, 1.54) is 0 Å². The number of benzene rings is 3. The molecule has 1 amide bonds. The van der Waals surface area contributed by atoms with Gasteiger partial charge in [-0.2, -0.15) is 0 Å². The second kappa shape index (κ2) is 11.6. The fourth-order valence-corrected chi connectivity index (χ4v) is 3.73. The first-order chi connectivity index (χ1) is 15.9. The van der Waals surface area contributed by atoms with Crippen LogP contribution in [0.3, 0.4) is 0 Å². The van der Waals surface area contributed by atoms with Gasteiger partial charge in [-0.1, -0.05) is 103 Å². The van der Waals surface area contributed by atoms with Crippen LogP contribution in [0.5, 0.6) is 0 Å². The number of amides is 1. The number of esters is 1. The molecule has 1 unspecified atom stereocenters. The van der Waals surface area contributed by atoms with Crippen molar-refractivity contribution in [2.45, 2.75) is 25.8 Å². The van der Waals surface area contributed by atoms with Gasteiger partial charge in [-0.25, -0.2) is 4.79 Å². The molecule has 0 spiro atoms. The Kier molecular flexibility index (Phi) is 8.55. The van der Waals surface area contributed by atoms with Gasteiger partial charge in [-0.05, 0) is 29.2 Å². The molecule has 3 rings (SSSR count). The fraction of sp³-hybridized carbons (Fsp3) is 0.222. The average Bonchev–Trinajstić information content (AvgIpc) is 2.82. The molecule has 0 saturated heterocycles. The van der Waals surface area contributed by atoms with Crippen molar-refractivity contribution in [1.82, 2.24) is 5.32 Å². The van der Waals surface area contributed by atoms with Gasteiger partial charge >= 0.3 is 5.97 Å². The van der Waals surface area contributed by atoms with Crippen LogP contribution in [0, 0.1) is 5.92 Å². The zero-order chi connectivity index (χ0) is 23.8. The summed E-state index contributed by atoms with van der Waals surface area (Å²) in [6, 6.07) is 24.8. The van der Waals surface area contributed by atoms with E-state index in [2.05, 4.69) is 21.2 Å². The van der Waals surface area contributed by atoms with Crippen molar-refractivity contribution in [3.8, 4) is 0 Å². The summed E-state index contributed by atoms with van der Waals surface area (Å²) in [6.45, 7) is 3.26. The second-order valence-corrected chi connectivity index (χ2v) is 8.94. The quantitative estimate of drug-likeness (QED) is 0.321. The summed E-state index contributed by atoms with van der Waals surface area (Å²) in [6.07, 6.45) is 0. The lowest BCUT2D eigenvalue weighted by molar-refractivity contribution is -0.148. The average molecular weight is 508 g/mol. The summed E-state index contributed by atoms with van der Waals surface area (Å²) in [5, 5.41) is 2.85. The maximum absolute atomic E-state index is 13.4. The predicted molar refractivity (Wildman–Crippen MR) is 131 cm³/mol. The smallest absolute Gasteiger partial charge is 0.329 e. The summed E-state index contributed by atoms with van der Waals surface area (Å²) in [7, 11) is 0. The highest BCUT2D eigenvalue weighted by Gasteiger charge is 2.31. The standard InChI is InChI=1S/C27H26BrNO4/c1-18(2)25(27(32)33-17-23(30)19-13-15-22(28)16-14-19)29-26(31)24(20-9-5-3-6-10-20)21-11-7-4-8-12-21/h3-16,18,24-25H,17H2,1-2H3,(H,29,31). The molecule has 0 fully saturated rings. The van der Waals surface area contributed by atoms with E-state index < -0.39 is 17.9 Å². The fourth-order valence-electron chi connectivity index (χ4n) is 3.47. The molecule has 0 radical (unpaired) electrons. The van der Waals surface area contributed by atoms with Crippen LogP contribution in [0.1, 0.15) is 41.3 Å². The number of nitrogens with one attached hydrogen (secondary N) is 1. The molecule has 170 valence electrons. The van der Waals surface area contributed by atoms with Gasteiger partial charge in [0.25, 0.3) is 0 Å². The predicted octanol–water partition coefficient (Wildman–Crippen LogP) is 5.15. The minimum atomic E-state index is -0.884. The van der Waals surface area contributed by atoms with Crippen molar-refractivity contribution in [1.29, 1.82) is 0 Å². The molecule has 0 bridgehead atoms. The molecule has 0 aliphatic heterocycles. The molecule has 0 aliphatic rings. The van der Waals surface area contributed by atoms with Crippen LogP contribution >= 0.6 is 15.9 Å². The number of ether oxygens (including phenoxy) is 1. The number of Topliss-reactive ketones (excluding diaryl/α,β-unsaturated/α-hetero) is 1. The SMILES string of the molecule is CC(C)C(NC(=O)C(c1ccccc1)c1ccccc1)C(=O)OCC(=O)c1ccc(Br)cc1. The summed E-state index contributed by atoms with van der Waals surface area (Å²) >= 11 is 3.32. The van der Waals surface area contributed by atoms with Gasteiger partial charge in [0, 0.05) is 10.0 Å². The molecule has 5 nitrogen and oxygen atoms in total. The molecule has 1 N–H and O–H groups in total. The topological polar surface area (TPSA) is 72.5 Å². The molecular weight excluding hydrogens is 482 g/mol. The first-order valence-corrected chi connectivity index (χ1v) is 11.5. The Bertz CT molecular complexity index is 1040. The summed E-state index contributed by atoms with van der Waals surface area (Å²) < 4.78 is 6.14. The second-order valence-electron chi connectivity index (χ2n) is 8.02. The normalized spacial score (nSPS) is 11.8. The third kappa shape index (κ3) is 6.62. The highest BCUT2D eigenvalue weighted by atomic mass is 79.9. The number of hydrogen-bond acceptors (Lipinski definition) is 4.